The number of anilines is 2. The first-order valence-electron chi connectivity index (χ1n) is 48.6. The third-order valence-corrected chi connectivity index (χ3v) is 31.6. The van der Waals surface area contributed by atoms with Gasteiger partial charge in [0.2, 0.25) is 0 Å². The number of nitriles is 2. The van der Waals surface area contributed by atoms with Crippen LogP contribution in [0.25, 0.3) is 22.3 Å². The number of carbonyl (C=O) groups excluding carboxylic acids is 4. The quantitative estimate of drug-likeness (QED) is 0.0182. The van der Waals surface area contributed by atoms with Crippen molar-refractivity contribution in [1.29, 1.82) is 10.5 Å². The van der Waals surface area contributed by atoms with Crippen LogP contribution in [0, 0.1) is 22.7 Å². The molecule has 2 amide bonds. The van der Waals surface area contributed by atoms with Gasteiger partial charge in [-0.15, -0.1) is 0 Å². The maximum Gasteiger partial charge on any atom is 0.314 e. The van der Waals surface area contributed by atoms with Crippen molar-refractivity contribution in [2.75, 3.05) is 77.8 Å². The molecule has 8 heterocycles. The van der Waals surface area contributed by atoms with Gasteiger partial charge in [0.25, 0.3) is 11.8 Å². The molecule has 8 aromatic carbocycles. The Morgan fingerprint density at radius 2 is 0.766 bits per heavy atom. The highest BCUT2D eigenvalue weighted by atomic mass is 31.2. The molecule has 4 saturated heterocycles. The van der Waals surface area contributed by atoms with Crippen LogP contribution < -0.4 is 29.6 Å². The van der Waals surface area contributed by atoms with Crippen LogP contribution in [0.15, 0.2) is 244 Å². The van der Waals surface area contributed by atoms with Crippen molar-refractivity contribution in [3.05, 3.63) is 288 Å². The molecule has 0 radical (unpaired) electrons. The number of nitrogens with zero attached hydrogens (tertiary/aromatic N) is 13. The smallest absolute Gasteiger partial charge is 0.314 e. The summed E-state index contributed by atoms with van der Waals surface area (Å²) in [5.41, 5.74) is 0.832. The predicted molar refractivity (Wildman–Crippen MR) is 553 cm³/mol. The summed E-state index contributed by atoms with van der Waals surface area (Å²) < 4.78 is 93.3. The van der Waals surface area contributed by atoms with E-state index < -0.39 is 93.0 Å². The molecule has 33 nitrogen and oxygen atoms in total. The Bertz CT molecular complexity index is 6280. The number of aliphatic hydroxyl groups excluding tert-OH is 1. The van der Waals surface area contributed by atoms with Gasteiger partial charge in [0, 0.05) is 47.4 Å². The normalized spacial score (nSPS) is 18.9. The second kappa shape index (κ2) is 47.2. The molecule has 0 aliphatic carbocycles. The van der Waals surface area contributed by atoms with Crippen molar-refractivity contribution in [2.45, 2.75) is 230 Å². The minimum absolute atomic E-state index is 0.0235. The summed E-state index contributed by atoms with van der Waals surface area (Å²) in [5, 5.41) is 35.9. The summed E-state index contributed by atoms with van der Waals surface area (Å²) in [6, 6.07) is 74.1. The van der Waals surface area contributed by atoms with E-state index in [4.69, 9.17) is 71.6 Å². The number of fused-ring (bicyclic) bond motifs is 6. The Kier molecular flexibility index (Phi) is 35.2. The standard InChI is InChI=1S/C52H58N7O9P.C39H35N5O7.C19H38N3O2P/c1-34(2)59(35(3)4)69(29-42(60)66-50(5,6)27-28-53)68-45-44-49(58-33-56-43-46(54-32-55-47(43)58)57-48(61)36-15-11-9-12-16-36)67-51(45,30-64-44)31-65-52(37-17-13-10-14-18-37,38-19-23-40(62-7)24-20-38)39-21-25-41(63-8)26-22-39;1-47-29-17-13-27(14-18-29)39(26-11-7-4-8-12-26,28-15-19-30(48-2)20-16-28)50-22-38-21-49-32(33(38)45)37(51-38)44-24-42-31-34(40-23-41-35(31)44)43-36(46)25-9-5-3-6-10-25;1-14(2)21(15(3)4)25(22(16(5)6)17(7)8)13-18(23)24-19(9,10)11-12-20/h9-26,32-35,44-45,49H,27,29-31H2,1-8H3,(H,54,55,57,61);3-20,23-24,32-33,37,45H,21-22H2,1-2H3,(H,40,41,43,46);14-17H,11,13H2,1-10H3/t44?,45?,49-,51-,69?;32?,33?,37-,38-;/m11./s1. The number of benzene rings is 8. The molecule has 0 saturated carbocycles. The van der Waals surface area contributed by atoms with Gasteiger partial charge in [-0.1, -0.05) is 146 Å². The molecule has 4 bridgehead atoms. The number of aromatic nitrogens is 8. The lowest BCUT2D eigenvalue weighted by atomic mass is 9.79. The summed E-state index contributed by atoms with van der Waals surface area (Å²) in [4.78, 5) is 79.9. The molecular formula is C110H131N15O18P2. The zero-order valence-electron chi connectivity index (χ0n) is 85.8. The van der Waals surface area contributed by atoms with E-state index in [1.165, 1.54) is 12.7 Å². The van der Waals surface area contributed by atoms with E-state index in [1.807, 2.05) is 170 Å². The molecule has 35 heteroatoms. The number of methoxy groups -OCH3 is 4. The van der Waals surface area contributed by atoms with Crippen LogP contribution in [0.2, 0.25) is 0 Å². The summed E-state index contributed by atoms with van der Waals surface area (Å²) in [6.45, 7) is 32.8. The zero-order chi connectivity index (χ0) is 104. The van der Waals surface area contributed by atoms with Gasteiger partial charge in [0.05, 0.1) is 107 Å². The van der Waals surface area contributed by atoms with E-state index in [0.717, 1.165) is 33.4 Å². The van der Waals surface area contributed by atoms with E-state index in [0.29, 0.717) is 86.8 Å². The van der Waals surface area contributed by atoms with E-state index in [-0.39, 0.29) is 86.9 Å². The molecule has 4 aliphatic rings. The lowest BCUT2D eigenvalue weighted by Crippen LogP contribution is -2.49. The molecule has 4 aromatic heterocycles. The third kappa shape index (κ3) is 23.9. The number of imidazole rings is 2. The fourth-order valence-electron chi connectivity index (χ4n) is 19.3. The summed E-state index contributed by atoms with van der Waals surface area (Å²) >= 11 is 0. The number of aliphatic hydroxyl groups is 1. The molecular weight excluding hydrogens is 1880 g/mol. The van der Waals surface area contributed by atoms with Crippen LogP contribution >= 0.6 is 16.5 Å². The van der Waals surface area contributed by atoms with E-state index >= 15 is 0 Å². The number of hydrogen-bond donors (Lipinski definition) is 3. The minimum Gasteiger partial charge on any atom is -0.497 e. The van der Waals surface area contributed by atoms with E-state index in [9.17, 15) is 29.5 Å². The van der Waals surface area contributed by atoms with Gasteiger partial charge in [-0.05, 0) is 217 Å². The van der Waals surface area contributed by atoms with Gasteiger partial charge in [0.1, 0.15) is 108 Å². The lowest BCUT2D eigenvalue weighted by Gasteiger charge is -2.47. The molecule has 764 valence electrons. The van der Waals surface area contributed by atoms with Crippen LogP contribution in [0.3, 0.4) is 0 Å². The molecule has 3 N–H and O–H groups in total. The van der Waals surface area contributed by atoms with Crippen LogP contribution in [0.1, 0.15) is 190 Å². The average molecular weight is 2010 g/mol. The number of ether oxygens (including phenoxy) is 12. The number of hydrogen-bond acceptors (Lipinski definition) is 29. The molecule has 0 spiro atoms. The Balaban J connectivity index is 0.000000191. The van der Waals surface area contributed by atoms with Crippen molar-refractivity contribution in [3.63, 3.8) is 0 Å². The Hall–Kier alpha value is -12.7. The second-order valence-electron chi connectivity index (χ2n) is 38.9. The van der Waals surface area contributed by atoms with Crippen LogP contribution in [-0.2, 0) is 63.2 Å². The Morgan fingerprint density at radius 1 is 0.441 bits per heavy atom. The van der Waals surface area contributed by atoms with Crippen molar-refractivity contribution in [3.8, 4) is 35.1 Å². The molecule has 145 heavy (non-hydrogen) atoms. The van der Waals surface area contributed by atoms with Crippen LogP contribution in [0.5, 0.6) is 23.0 Å². The number of esters is 2. The Labute approximate surface area is 850 Å². The van der Waals surface area contributed by atoms with Gasteiger partial charge in [0.15, 0.2) is 46.4 Å². The van der Waals surface area contributed by atoms with Crippen LogP contribution in [0.4, 0.5) is 11.6 Å². The maximum atomic E-state index is 14.0. The summed E-state index contributed by atoms with van der Waals surface area (Å²) in [7, 11) is 3.91. The van der Waals surface area contributed by atoms with Crippen molar-refractivity contribution in [2.24, 2.45) is 0 Å². The van der Waals surface area contributed by atoms with Crippen molar-refractivity contribution < 1.29 is 85.7 Å². The zero-order valence-corrected chi connectivity index (χ0v) is 87.6. The minimum atomic E-state index is -1.76. The Morgan fingerprint density at radius 3 is 1.12 bits per heavy atom. The molecule has 16 rings (SSSR count). The molecule has 4 aliphatic heterocycles. The van der Waals surface area contributed by atoms with Gasteiger partial charge in [-0.25, -0.2) is 29.9 Å². The number of amides is 2. The van der Waals surface area contributed by atoms with Crippen molar-refractivity contribution in [1.82, 2.24) is 53.0 Å². The van der Waals surface area contributed by atoms with Gasteiger partial charge >= 0.3 is 11.9 Å². The fourth-order valence-corrected chi connectivity index (χ4v) is 24.6. The third-order valence-electron chi connectivity index (χ3n) is 25.7. The first-order valence-corrected chi connectivity index (χ1v) is 51.4. The summed E-state index contributed by atoms with van der Waals surface area (Å²) in [5.74, 6) is 1.85. The van der Waals surface area contributed by atoms with Gasteiger partial charge in [-0.3, -0.25) is 42.3 Å². The molecule has 12 aromatic rings. The number of carbonyl (C=O) groups is 4. The molecule has 9 atom stereocenters. The lowest BCUT2D eigenvalue weighted by molar-refractivity contribution is -0.202. The highest BCUT2D eigenvalue weighted by Gasteiger charge is 2.66. The maximum absolute atomic E-state index is 14.0. The predicted octanol–water partition coefficient (Wildman–Crippen LogP) is 18.7. The largest absolute Gasteiger partial charge is 0.497 e. The fraction of sp³-hybridized carbons (Fsp3) is 0.418. The summed E-state index contributed by atoms with van der Waals surface area (Å²) in [6.07, 6.45) is 1.30. The number of rotatable bonds is 41. The van der Waals surface area contributed by atoms with Crippen LogP contribution in [-0.4, -0.2) is 232 Å². The first kappa shape index (κ1) is 108. The molecule has 4 fully saturated rings. The van der Waals surface area contributed by atoms with E-state index in [1.54, 1.807) is 126 Å². The van der Waals surface area contributed by atoms with Crippen molar-refractivity contribution >= 4 is 74.2 Å². The molecule has 5 unspecified atom stereocenters. The first-order chi connectivity index (χ1) is 69.5. The topological polar surface area (TPSA) is 377 Å². The van der Waals surface area contributed by atoms with Gasteiger partial charge in [-0.2, -0.15) is 10.5 Å². The van der Waals surface area contributed by atoms with E-state index in [2.05, 4.69) is 145 Å². The highest BCUT2D eigenvalue weighted by molar-refractivity contribution is 7.53. The number of nitrogens with one attached hydrogen (secondary N) is 2. The highest BCUT2D eigenvalue weighted by Crippen LogP contribution is 2.58. The van der Waals surface area contributed by atoms with Gasteiger partial charge < -0.3 is 77.1 Å². The average Bonchev–Trinajstić information content (AvgIpc) is 1.56. The SMILES string of the molecule is CC(C)N(C(C)C)P(CC(=O)OC(C)(C)CC#N)N(C(C)C)C(C)C.COc1ccc(C(OC[C@]23COC(C2O)[C@H](n2cnc4c(NC(=O)c5ccccc5)ncnc42)O3)(c2ccccc2)c2ccc(OC)cc2)cc1.COc1ccc(C(OC[C@]23COC(C2OP(CC(=O)OC(C)(C)CC#N)N(C(C)C)C(C)C)[C@H](n2cnc4c(NC(=O)c5ccccc5)ncnc42)O3)(c2ccccc2)c2ccc(OC)cc2)cc1. The monoisotopic (exact) mass is 2010 g/mol. The second-order valence-corrected chi connectivity index (χ2v) is 42.5.